The van der Waals surface area contributed by atoms with Crippen molar-refractivity contribution in [3.05, 3.63) is 52.9 Å². The predicted molar refractivity (Wildman–Crippen MR) is 90.5 cm³/mol. The second kappa shape index (κ2) is 7.69. The van der Waals surface area contributed by atoms with Gasteiger partial charge >= 0.3 is 0 Å². The predicted octanol–water partition coefficient (Wildman–Crippen LogP) is 1.39. The topological polar surface area (TPSA) is 106 Å². The number of hydrogen-bond acceptors (Lipinski definition) is 5. The first-order valence-corrected chi connectivity index (χ1v) is 9.49. The van der Waals surface area contributed by atoms with Crippen LogP contribution in [-0.2, 0) is 16.6 Å². The van der Waals surface area contributed by atoms with E-state index in [0.717, 1.165) is 16.9 Å². The van der Waals surface area contributed by atoms with Gasteiger partial charge in [0.05, 0.1) is 5.56 Å². The molecule has 1 amide bonds. The molecule has 1 heterocycles. The van der Waals surface area contributed by atoms with Gasteiger partial charge in [-0.1, -0.05) is 30.3 Å². The standard InChI is InChI=1S/C15H19N3O3S2/c16-7-4-8-18(10-12-5-2-1-3-6-12)15(19)13-9-14(22-11-13)23(17,20)21/h1-3,5-6,9,11H,4,7-8,10,16H2,(H2,17,20,21). The van der Waals surface area contributed by atoms with E-state index in [1.807, 2.05) is 30.3 Å². The summed E-state index contributed by atoms with van der Waals surface area (Å²) in [5, 5.41) is 6.61. The normalized spacial score (nSPS) is 11.4. The lowest BCUT2D eigenvalue weighted by atomic mass is 10.2. The minimum Gasteiger partial charge on any atom is -0.334 e. The molecule has 0 radical (unpaired) electrons. The highest BCUT2D eigenvalue weighted by molar-refractivity contribution is 7.91. The number of nitrogens with zero attached hydrogens (tertiary/aromatic N) is 1. The van der Waals surface area contributed by atoms with Crippen LogP contribution >= 0.6 is 11.3 Å². The second-order valence-electron chi connectivity index (χ2n) is 5.05. The number of nitrogens with two attached hydrogens (primary N) is 2. The first-order valence-electron chi connectivity index (χ1n) is 7.06. The Bertz CT molecular complexity index is 757. The molecule has 124 valence electrons. The van der Waals surface area contributed by atoms with Crippen molar-refractivity contribution >= 4 is 27.3 Å². The number of thiophene rings is 1. The van der Waals surface area contributed by atoms with Crippen molar-refractivity contribution in [1.29, 1.82) is 0 Å². The number of primary sulfonamides is 1. The summed E-state index contributed by atoms with van der Waals surface area (Å²) < 4.78 is 22.7. The van der Waals surface area contributed by atoms with Crippen LogP contribution in [0.15, 0.2) is 46.0 Å². The number of carbonyl (C=O) groups is 1. The SMILES string of the molecule is NCCCN(Cc1ccccc1)C(=O)c1csc(S(N)(=O)=O)c1. The van der Waals surface area contributed by atoms with Crippen molar-refractivity contribution in [3.8, 4) is 0 Å². The first-order chi connectivity index (χ1) is 10.9. The minimum atomic E-state index is -3.79. The molecule has 0 spiro atoms. The van der Waals surface area contributed by atoms with Crippen LogP contribution in [0.5, 0.6) is 0 Å². The molecule has 23 heavy (non-hydrogen) atoms. The van der Waals surface area contributed by atoms with Gasteiger partial charge in [0.25, 0.3) is 5.91 Å². The first kappa shape index (κ1) is 17.6. The zero-order valence-electron chi connectivity index (χ0n) is 12.5. The molecule has 0 atom stereocenters. The number of hydrogen-bond donors (Lipinski definition) is 2. The molecule has 0 aliphatic rings. The van der Waals surface area contributed by atoms with Crippen LogP contribution in [-0.4, -0.2) is 32.3 Å². The van der Waals surface area contributed by atoms with E-state index in [-0.39, 0.29) is 10.1 Å². The Labute approximate surface area is 139 Å². The zero-order chi connectivity index (χ0) is 16.9. The summed E-state index contributed by atoms with van der Waals surface area (Å²) >= 11 is 0.947. The zero-order valence-corrected chi connectivity index (χ0v) is 14.1. The Morgan fingerprint density at radius 1 is 1.22 bits per heavy atom. The molecule has 0 bridgehead atoms. The number of rotatable bonds is 7. The Balaban J connectivity index is 2.20. The van der Waals surface area contributed by atoms with Gasteiger partial charge in [0.1, 0.15) is 4.21 Å². The molecule has 0 saturated carbocycles. The average molecular weight is 353 g/mol. The van der Waals surface area contributed by atoms with E-state index in [4.69, 9.17) is 10.9 Å². The summed E-state index contributed by atoms with van der Waals surface area (Å²) in [4.78, 5) is 14.3. The summed E-state index contributed by atoms with van der Waals surface area (Å²) in [7, 11) is -3.79. The Kier molecular flexibility index (Phi) is 5.89. The van der Waals surface area contributed by atoms with Crippen molar-refractivity contribution in [2.45, 2.75) is 17.2 Å². The molecule has 0 fully saturated rings. The molecule has 2 rings (SSSR count). The Hall–Kier alpha value is -1.74. The van der Waals surface area contributed by atoms with Crippen LogP contribution in [0.4, 0.5) is 0 Å². The highest BCUT2D eigenvalue weighted by Crippen LogP contribution is 2.21. The maximum absolute atomic E-state index is 12.7. The largest absolute Gasteiger partial charge is 0.334 e. The van der Waals surface area contributed by atoms with Crippen LogP contribution in [0.1, 0.15) is 22.3 Å². The van der Waals surface area contributed by atoms with Crippen molar-refractivity contribution < 1.29 is 13.2 Å². The molecule has 2 aromatic rings. The molecule has 8 heteroatoms. The van der Waals surface area contributed by atoms with Crippen molar-refractivity contribution in [2.75, 3.05) is 13.1 Å². The van der Waals surface area contributed by atoms with Gasteiger partial charge in [0.15, 0.2) is 0 Å². The van der Waals surface area contributed by atoms with E-state index in [2.05, 4.69) is 0 Å². The van der Waals surface area contributed by atoms with Gasteiger partial charge in [0.2, 0.25) is 10.0 Å². The average Bonchev–Trinajstić information content (AvgIpc) is 3.02. The molecule has 0 aliphatic heterocycles. The molecular formula is C15H19N3O3S2. The van der Waals surface area contributed by atoms with Gasteiger partial charge in [-0.05, 0) is 24.6 Å². The van der Waals surface area contributed by atoms with Gasteiger partial charge in [-0.2, -0.15) is 0 Å². The van der Waals surface area contributed by atoms with Gasteiger partial charge in [-0.3, -0.25) is 4.79 Å². The number of amides is 1. The molecule has 0 saturated heterocycles. The number of sulfonamides is 1. The smallest absolute Gasteiger partial charge is 0.255 e. The lowest BCUT2D eigenvalue weighted by Gasteiger charge is -2.22. The third-order valence-electron chi connectivity index (χ3n) is 3.24. The summed E-state index contributed by atoms with van der Waals surface area (Å²) in [6.07, 6.45) is 0.671. The molecular weight excluding hydrogens is 334 g/mol. The fraction of sp³-hybridized carbons (Fsp3) is 0.267. The summed E-state index contributed by atoms with van der Waals surface area (Å²) in [5.74, 6) is -0.228. The Morgan fingerprint density at radius 3 is 2.48 bits per heavy atom. The molecule has 1 aromatic carbocycles. The number of carbonyl (C=O) groups excluding carboxylic acids is 1. The maximum Gasteiger partial charge on any atom is 0.255 e. The van der Waals surface area contributed by atoms with Crippen LogP contribution in [0.3, 0.4) is 0 Å². The van der Waals surface area contributed by atoms with Gasteiger partial charge < -0.3 is 10.6 Å². The molecule has 0 aliphatic carbocycles. The van der Waals surface area contributed by atoms with Crippen LogP contribution in [0.25, 0.3) is 0 Å². The third-order valence-corrected chi connectivity index (χ3v) is 5.62. The monoisotopic (exact) mass is 353 g/mol. The minimum absolute atomic E-state index is 0.0145. The highest BCUT2D eigenvalue weighted by Gasteiger charge is 2.20. The molecule has 6 nitrogen and oxygen atoms in total. The molecule has 4 N–H and O–H groups in total. The summed E-state index contributed by atoms with van der Waals surface area (Å²) in [5.41, 5.74) is 6.86. The van der Waals surface area contributed by atoms with Gasteiger partial charge in [-0.15, -0.1) is 11.3 Å². The molecule has 0 unspecified atom stereocenters. The number of benzene rings is 1. The summed E-state index contributed by atoms with van der Waals surface area (Å²) in [6, 6.07) is 10.9. The summed E-state index contributed by atoms with van der Waals surface area (Å²) in [6.45, 7) is 1.43. The van der Waals surface area contributed by atoms with Crippen molar-refractivity contribution in [2.24, 2.45) is 10.9 Å². The Morgan fingerprint density at radius 2 is 1.91 bits per heavy atom. The van der Waals surface area contributed by atoms with Crippen molar-refractivity contribution in [1.82, 2.24) is 4.90 Å². The molecule has 1 aromatic heterocycles. The highest BCUT2D eigenvalue weighted by atomic mass is 32.2. The van der Waals surface area contributed by atoms with Crippen LogP contribution < -0.4 is 10.9 Å². The van der Waals surface area contributed by atoms with E-state index in [1.165, 1.54) is 11.4 Å². The lowest BCUT2D eigenvalue weighted by Crippen LogP contribution is -2.32. The van der Waals surface area contributed by atoms with E-state index in [0.29, 0.717) is 31.6 Å². The van der Waals surface area contributed by atoms with E-state index in [1.54, 1.807) is 4.90 Å². The van der Waals surface area contributed by atoms with Crippen molar-refractivity contribution in [3.63, 3.8) is 0 Å². The second-order valence-corrected chi connectivity index (χ2v) is 7.75. The van der Waals surface area contributed by atoms with Crippen LogP contribution in [0.2, 0.25) is 0 Å². The third kappa shape index (κ3) is 4.87. The lowest BCUT2D eigenvalue weighted by molar-refractivity contribution is 0.0742. The quantitative estimate of drug-likeness (QED) is 0.784. The maximum atomic E-state index is 12.7. The van der Waals surface area contributed by atoms with E-state index in [9.17, 15) is 13.2 Å². The van der Waals surface area contributed by atoms with Gasteiger partial charge in [-0.25, -0.2) is 13.6 Å². The van der Waals surface area contributed by atoms with E-state index < -0.39 is 10.0 Å². The van der Waals surface area contributed by atoms with Crippen LogP contribution in [0, 0.1) is 0 Å². The van der Waals surface area contributed by atoms with E-state index >= 15 is 0 Å². The fourth-order valence-corrected chi connectivity index (χ4v) is 3.68. The fourth-order valence-electron chi connectivity index (χ4n) is 2.10. The van der Waals surface area contributed by atoms with Gasteiger partial charge in [0, 0.05) is 18.5 Å².